The van der Waals surface area contributed by atoms with Gasteiger partial charge in [0.2, 0.25) is 11.8 Å². The number of nitrogens with one attached hydrogen (secondary N) is 1. The van der Waals surface area contributed by atoms with Gasteiger partial charge in [-0.2, -0.15) is 30.2 Å². The molecule has 1 aromatic rings. The van der Waals surface area contributed by atoms with Gasteiger partial charge in [-0.15, -0.1) is 0 Å². The van der Waals surface area contributed by atoms with E-state index < -0.39 is 51.2 Å². The molecule has 0 bridgehead atoms. The number of β-amino-alcohol motifs (C(OH)–C–C–N with tert-alkyl or cyclic N) is 1. The van der Waals surface area contributed by atoms with Gasteiger partial charge in [0.05, 0.1) is 17.1 Å². The SMILES string of the molecule is CCC1(O)CN(S(=O)(=O)N2CCC[C@H](C(=O)N3CCC[C@@H]3C(=O)NCc3ccc(C(F)(F)F)cc3F)C2)C1. The molecule has 3 saturated heterocycles. The number of rotatable bonds is 7. The molecular weight excluding hydrogens is 532 g/mol. The van der Waals surface area contributed by atoms with Crippen LogP contribution in [0.25, 0.3) is 0 Å². The molecule has 0 unspecified atom stereocenters. The van der Waals surface area contributed by atoms with Gasteiger partial charge in [0.1, 0.15) is 11.9 Å². The maximum atomic E-state index is 14.2. The molecule has 9 nitrogen and oxygen atoms in total. The Balaban J connectivity index is 1.36. The Bertz CT molecular complexity index is 1170. The number of amides is 2. The Kier molecular flexibility index (Phi) is 8.09. The van der Waals surface area contributed by atoms with Gasteiger partial charge in [0.15, 0.2) is 0 Å². The standard InChI is InChI=1S/C24H32F4N4O5S/c1-2-23(35)14-31(15-23)38(36,37)30-9-3-5-17(13-30)22(34)32-10-4-6-20(32)21(33)29-12-16-7-8-18(11-19(16)25)24(26,27)28/h7-8,11,17,20,35H,2-6,9-10,12-15H2,1H3,(H,29,33)/t17-,20+/m0/s1. The fraction of sp³-hybridized carbons (Fsp3) is 0.667. The quantitative estimate of drug-likeness (QED) is 0.492. The lowest BCUT2D eigenvalue weighted by atomic mass is 9.94. The molecule has 0 spiro atoms. The third-order valence-electron chi connectivity index (χ3n) is 7.66. The summed E-state index contributed by atoms with van der Waals surface area (Å²) in [5, 5.41) is 12.7. The first-order valence-electron chi connectivity index (χ1n) is 12.7. The summed E-state index contributed by atoms with van der Waals surface area (Å²) in [4.78, 5) is 27.6. The van der Waals surface area contributed by atoms with E-state index in [2.05, 4.69) is 5.32 Å². The molecule has 2 amide bonds. The Labute approximate surface area is 218 Å². The summed E-state index contributed by atoms with van der Waals surface area (Å²) in [5.74, 6) is -2.61. The number of nitrogens with zero attached hydrogens (tertiary/aromatic N) is 3. The van der Waals surface area contributed by atoms with Crippen molar-refractivity contribution in [3.8, 4) is 0 Å². The fourth-order valence-electron chi connectivity index (χ4n) is 5.22. The van der Waals surface area contributed by atoms with Crippen LogP contribution in [0.15, 0.2) is 18.2 Å². The van der Waals surface area contributed by atoms with Crippen LogP contribution >= 0.6 is 0 Å². The zero-order valence-electron chi connectivity index (χ0n) is 21.0. The summed E-state index contributed by atoms with van der Waals surface area (Å²) in [7, 11) is -3.83. The molecule has 2 atom stereocenters. The Morgan fingerprint density at radius 2 is 1.82 bits per heavy atom. The summed E-state index contributed by atoms with van der Waals surface area (Å²) < 4.78 is 80.9. The number of carbonyl (C=O) groups excluding carboxylic acids is 2. The second-order valence-corrected chi connectivity index (χ2v) is 12.2. The van der Waals surface area contributed by atoms with Gasteiger partial charge in [0, 0.05) is 44.8 Å². The first-order chi connectivity index (χ1) is 17.7. The number of carbonyl (C=O) groups is 2. The second kappa shape index (κ2) is 10.7. The van der Waals surface area contributed by atoms with Crippen LogP contribution < -0.4 is 5.32 Å². The van der Waals surface area contributed by atoms with Crippen molar-refractivity contribution in [2.24, 2.45) is 5.92 Å². The molecule has 38 heavy (non-hydrogen) atoms. The van der Waals surface area contributed by atoms with Crippen LogP contribution in [0.1, 0.15) is 50.2 Å². The monoisotopic (exact) mass is 564 g/mol. The van der Waals surface area contributed by atoms with Crippen molar-refractivity contribution in [2.75, 3.05) is 32.7 Å². The minimum Gasteiger partial charge on any atom is -0.387 e. The van der Waals surface area contributed by atoms with E-state index in [1.165, 1.54) is 13.5 Å². The predicted octanol–water partition coefficient (Wildman–Crippen LogP) is 1.87. The van der Waals surface area contributed by atoms with Crippen LogP contribution in [0.2, 0.25) is 0 Å². The van der Waals surface area contributed by atoms with Crippen molar-refractivity contribution in [3.63, 3.8) is 0 Å². The van der Waals surface area contributed by atoms with E-state index in [1.54, 1.807) is 6.92 Å². The van der Waals surface area contributed by atoms with E-state index in [0.717, 1.165) is 12.1 Å². The molecule has 0 aromatic heterocycles. The van der Waals surface area contributed by atoms with E-state index in [1.807, 2.05) is 0 Å². The molecule has 2 N–H and O–H groups in total. The molecule has 3 aliphatic heterocycles. The molecule has 1 aromatic carbocycles. The Morgan fingerprint density at radius 3 is 2.45 bits per heavy atom. The van der Waals surface area contributed by atoms with E-state index in [0.29, 0.717) is 44.7 Å². The van der Waals surface area contributed by atoms with Gasteiger partial charge in [0.25, 0.3) is 10.2 Å². The number of hydrogen-bond donors (Lipinski definition) is 2. The van der Waals surface area contributed by atoms with Crippen molar-refractivity contribution >= 4 is 22.0 Å². The zero-order valence-corrected chi connectivity index (χ0v) is 21.8. The van der Waals surface area contributed by atoms with E-state index >= 15 is 0 Å². The molecule has 0 aliphatic carbocycles. The van der Waals surface area contributed by atoms with Crippen LogP contribution in [0, 0.1) is 11.7 Å². The third-order valence-corrected chi connectivity index (χ3v) is 9.55. The van der Waals surface area contributed by atoms with Crippen molar-refractivity contribution in [3.05, 3.63) is 35.1 Å². The summed E-state index contributed by atoms with van der Waals surface area (Å²) in [6.45, 7) is 2.01. The third kappa shape index (κ3) is 5.82. The fourth-order valence-corrected chi connectivity index (χ4v) is 7.08. The normalized spacial score (nSPS) is 24.7. The summed E-state index contributed by atoms with van der Waals surface area (Å²) >= 11 is 0. The van der Waals surface area contributed by atoms with Gasteiger partial charge in [-0.05, 0) is 44.2 Å². The van der Waals surface area contributed by atoms with Gasteiger partial charge in [-0.25, -0.2) is 4.39 Å². The first-order valence-corrected chi connectivity index (χ1v) is 14.1. The van der Waals surface area contributed by atoms with Crippen LogP contribution in [0.5, 0.6) is 0 Å². The summed E-state index contributed by atoms with van der Waals surface area (Å²) in [6.07, 6.45) is -2.40. The Hall–Kier alpha value is -2.29. The molecule has 3 heterocycles. The first kappa shape index (κ1) is 28.7. The van der Waals surface area contributed by atoms with Crippen molar-refractivity contribution in [1.29, 1.82) is 0 Å². The minimum atomic E-state index is -4.68. The van der Waals surface area contributed by atoms with E-state index in [-0.39, 0.29) is 44.2 Å². The molecule has 0 saturated carbocycles. The number of likely N-dealkylation sites (tertiary alicyclic amines) is 1. The highest BCUT2D eigenvalue weighted by molar-refractivity contribution is 7.86. The molecule has 0 radical (unpaired) electrons. The number of aliphatic hydroxyl groups is 1. The maximum Gasteiger partial charge on any atom is 0.416 e. The van der Waals surface area contributed by atoms with Crippen LogP contribution in [-0.2, 0) is 32.5 Å². The number of halogens is 4. The number of piperidine rings is 1. The average molecular weight is 565 g/mol. The van der Waals surface area contributed by atoms with Crippen LogP contribution in [0.3, 0.4) is 0 Å². The van der Waals surface area contributed by atoms with E-state index in [9.17, 15) is 40.7 Å². The summed E-state index contributed by atoms with van der Waals surface area (Å²) in [5.41, 5.74) is -2.27. The van der Waals surface area contributed by atoms with Crippen molar-refractivity contribution in [1.82, 2.24) is 18.8 Å². The lowest BCUT2D eigenvalue weighted by Crippen LogP contribution is -2.66. The lowest BCUT2D eigenvalue weighted by molar-refractivity contribution is -0.142. The highest BCUT2D eigenvalue weighted by atomic mass is 32.2. The molecule has 212 valence electrons. The number of benzene rings is 1. The molecule has 3 fully saturated rings. The number of hydrogen-bond acceptors (Lipinski definition) is 5. The highest BCUT2D eigenvalue weighted by Gasteiger charge is 2.49. The highest BCUT2D eigenvalue weighted by Crippen LogP contribution is 2.32. The molecular formula is C24H32F4N4O5S. The van der Waals surface area contributed by atoms with Gasteiger partial charge < -0.3 is 15.3 Å². The van der Waals surface area contributed by atoms with Crippen LogP contribution in [-0.4, -0.2) is 83.2 Å². The molecule has 14 heteroatoms. The van der Waals surface area contributed by atoms with Crippen molar-refractivity contribution < 1.29 is 40.7 Å². The van der Waals surface area contributed by atoms with Crippen LogP contribution in [0.4, 0.5) is 17.6 Å². The average Bonchev–Trinajstić information content (AvgIpc) is 3.35. The topological polar surface area (TPSA) is 110 Å². The lowest BCUT2D eigenvalue weighted by Gasteiger charge is -2.47. The Morgan fingerprint density at radius 1 is 1.13 bits per heavy atom. The second-order valence-electron chi connectivity index (χ2n) is 10.3. The number of alkyl halides is 3. The van der Waals surface area contributed by atoms with Crippen molar-refractivity contribution in [2.45, 2.75) is 63.4 Å². The molecule has 4 rings (SSSR count). The predicted molar refractivity (Wildman–Crippen MR) is 128 cm³/mol. The van der Waals surface area contributed by atoms with Gasteiger partial charge >= 0.3 is 6.18 Å². The largest absolute Gasteiger partial charge is 0.416 e. The smallest absolute Gasteiger partial charge is 0.387 e. The molecule has 3 aliphatic rings. The van der Waals surface area contributed by atoms with Gasteiger partial charge in [-0.1, -0.05) is 13.0 Å². The summed E-state index contributed by atoms with van der Waals surface area (Å²) in [6, 6.07) is 1.24. The minimum absolute atomic E-state index is 0.00877. The van der Waals surface area contributed by atoms with Gasteiger partial charge in [-0.3, -0.25) is 9.59 Å². The zero-order chi connectivity index (χ0) is 27.9. The maximum absolute atomic E-state index is 14.2. The van der Waals surface area contributed by atoms with E-state index in [4.69, 9.17) is 0 Å².